The van der Waals surface area contributed by atoms with E-state index in [4.69, 9.17) is 0 Å². The summed E-state index contributed by atoms with van der Waals surface area (Å²) in [5, 5.41) is 2.91. The van der Waals surface area contributed by atoms with E-state index in [1.54, 1.807) is 65.2 Å². The Balaban J connectivity index is 1.65. The van der Waals surface area contributed by atoms with Crippen LogP contribution in [0.2, 0.25) is 0 Å². The molecule has 1 aliphatic rings. The summed E-state index contributed by atoms with van der Waals surface area (Å²) in [6, 6.07) is 13.9. The Morgan fingerprint density at radius 3 is 2.21 bits per heavy atom. The van der Waals surface area contributed by atoms with Crippen LogP contribution >= 0.6 is 11.8 Å². The molecule has 7 nitrogen and oxygen atoms in total. The number of rotatable bonds is 8. The van der Waals surface area contributed by atoms with Crippen molar-refractivity contribution in [1.82, 2.24) is 9.21 Å². The zero-order valence-electron chi connectivity index (χ0n) is 19.3. The van der Waals surface area contributed by atoms with Crippen molar-refractivity contribution in [1.29, 1.82) is 0 Å². The summed E-state index contributed by atoms with van der Waals surface area (Å²) in [6.07, 6.45) is 2.80. The lowest BCUT2D eigenvalue weighted by Crippen LogP contribution is -2.41. The molecule has 0 aliphatic carbocycles. The van der Waals surface area contributed by atoms with E-state index in [2.05, 4.69) is 5.32 Å². The smallest absolute Gasteiger partial charge is 0.255 e. The van der Waals surface area contributed by atoms with E-state index >= 15 is 0 Å². The highest BCUT2D eigenvalue weighted by molar-refractivity contribution is 7.98. The molecular formula is C24H31N3O4S2. The van der Waals surface area contributed by atoms with Crippen LogP contribution in [0.5, 0.6) is 0 Å². The first-order valence-electron chi connectivity index (χ1n) is 11.1. The van der Waals surface area contributed by atoms with Crippen molar-refractivity contribution in [3.8, 4) is 0 Å². The normalized spacial score (nSPS) is 15.2. The fourth-order valence-electron chi connectivity index (χ4n) is 3.95. The molecule has 1 saturated heterocycles. The zero-order chi connectivity index (χ0) is 24.0. The molecule has 0 spiro atoms. The van der Waals surface area contributed by atoms with E-state index in [0.717, 1.165) is 4.90 Å². The monoisotopic (exact) mass is 489 g/mol. The number of carbonyl (C=O) groups excluding carboxylic acids is 2. The summed E-state index contributed by atoms with van der Waals surface area (Å²) in [6.45, 7) is 5.58. The Labute approximate surface area is 200 Å². The first-order valence-corrected chi connectivity index (χ1v) is 13.8. The van der Waals surface area contributed by atoms with Gasteiger partial charge in [0.2, 0.25) is 15.9 Å². The van der Waals surface area contributed by atoms with Gasteiger partial charge in [-0.05, 0) is 69.3 Å². The fourth-order valence-corrected chi connectivity index (χ4v) is 5.83. The summed E-state index contributed by atoms with van der Waals surface area (Å²) >= 11 is 1.56. The van der Waals surface area contributed by atoms with Gasteiger partial charge in [-0.2, -0.15) is 4.31 Å². The van der Waals surface area contributed by atoms with Crippen molar-refractivity contribution >= 4 is 39.3 Å². The molecule has 0 saturated carbocycles. The average Bonchev–Trinajstić information content (AvgIpc) is 2.85. The van der Waals surface area contributed by atoms with Crippen molar-refractivity contribution in [2.45, 2.75) is 36.5 Å². The van der Waals surface area contributed by atoms with E-state index < -0.39 is 10.0 Å². The first kappa shape index (κ1) is 25.3. The van der Waals surface area contributed by atoms with E-state index in [1.165, 1.54) is 4.31 Å². The number of hydrogen-bond donors (Lipinski definition) is 1. The van der Waals surface area contributed by atoms with Gasteiger partial charge in [-0.1, -0.05) is 12.1 Å². The standard InChI is InChI=1S/C24H31N3O4S2/c1-4-26(5-2)24(29)21-8-6-7-9-22(21)25-23(28)18-14-16-27(17-15-18)33(30,31)20-12-10-19(32-3)11-13-20/h6-13,18H,4-5,14-17H2,1-3H3,(H,25,28). The van der Waals surface area contributed by atoms with Crippen molar-refractivity contribution in [2.75, 3.05) is 37.8 Å². The number of nitrogens with one attached hydrogen (secondary N) is 1. The second-order valence-corrected chi connectivity index (χ2v) is 10.7. The molecule has 2 aromatic rings. The molecule has 0 unspecified atom stereocenters. The first-order chi connectivity index (χ1) is 15.8. The van der Waals surface area contributed by atoms with Crippen LogP contribution in [-0.4, -0.2) is 61.9 Å². The molecule has 2 aromatic carbocycles. The number of nitrogens with zero attached hydrogens (tertiary/aromatic N) is 2. The van der Waals surface area contributed by atoms with Gasteiger partial charge < -0.3 is 10.2 Å². The maximum absolute atomic E-state index is 13.0. The van der Waals surface area contributed by atoms with Gasteiger partial charge in [0.25, 0.3) is 5.91 Å². The number of thioether (sulfide) groups is 1. The summed E-state index contributed by atoms with van der Waals surface area (Å²) in [5.41, 5.74) is 0.951. The van der Waals surface area contributed by atoms with Gasteiger partial charge in [0.1, 0.15) is 0 Å². The molecule has 2 amide bonds. The van der Waals surface area contributed by atoms with Crippen LogP contribution in [0, 0.1) is 5.92 Å². The van der Waals surface area contributed by atoms with E-state index in [9.17, 15) is 18.0 Å². The molecule has 33 heavy (non-hydrogen) atoms. The molecule has 1 aliphatic heterocycles. The van der Waals surface area contributed by atoms with Crippen LogP contribution in [0.25, 0.3) is 0 Å². The van der Waals surface area contributed by atoms with Crippen molar-refractivity contribution in [3.05, 3.63) is 54.1 Å². The average molecular weight is 490 g/mol. The number of amides is 2. The van der Waals surface area contributed by atoms with Crippen LogP contribution in [0.4, 0.5) is 5.69 Å². The van der Waals surface area contributed by atoms with Gasteiger partial charge in [0.05, 0.1) is 16.1 Å². The van der Waals surface area contributed by atoms with Crippen LogP contribution in [0.3, 0.4) is 0 Å². The number of carbonyl (C=O) groups is 2. The number of anilines is 1. The van der Waals surface area contributed by atoms with E-state index in [-0.39, 0.29) is 35.7 Å². The predicted octanol–water partition coefficient (Wildman–Crippen LogP) is 3.93. The number of benzene rings is 2. The lowest BCUT2D eigenvalue weighted by atomic mass is 9.97. The molecule has 1 fully saturated rings. The highest BCUT2D eigenvalue weighted by Gasteiger charge is 2.32. The van der Waals surface area contributed by atoms with E-state index in [0.29, 0.717) is 37.2 Å². The fraction of sp³-hybridized carbons (Fsp3) is 0.417. The predicted molar refractivity (Wildman–Crippen MR) is 132 cm³/mol. The topological polar surface area (TPSA) is 86.8 Å². The summed E-state index contributed by atoms with van der Waals surface area (Å²) in [7, 11) is -3.59. The van der Waals surface area contributed by atoms with Gasteiger partial charge >= 0.3 is 0 Å². The lowest BCUT2D eigenvalue weighted by molar-refractivity contribution is -0.120. The van der Waals surface area contributed by atoms with Gasteiger partial charge in [-0.15, -0.1) is 11.8 Å². The van der Waals surface area contributed by atoms with Crippen LogP contribution in [0.1, 0.15) is 37.0 Å². The molecule has 1 N–H and O–H groups in total. The minimum Gasteiger partial charge on any atom is -0.339 e. The summed E-state index contributed by atoms with van der Waals surface area (Å²) in [4.78, 5) is 28.7. The Bertz CT molecular complexity index is 1080. The summed E-state index contributed by atoms with van der Waals surface area (Å²) < 4.78 is 27.4. The third-order valence-corrected chi connectivity index (χ3v) is 8.64. The minimum atomic E-state index is -3.59. The molecule has 9 heteroatoms. The molecule has 178 valence electrons. The highest BCUT2D eigenvalue weighted by Crippen LogP contribution is 2.27. The lowest BCUT2D eigenvalue weighted by Gasteiger charge is -2.30. The van der Waals surface area contributed by atoms with Crippen molar-refractivity contribution in [2.24, 2.45) is 5.92 Å². The molecule has 1 heterocycles. The molecule has 3 rings (SSSR count). The Morgan fingerprint density at radius 1 is 1.03 bits per heavy atom. The van der Waals surface area contributed by atoms with Crippen LogP contribution < -0.4 is 5.32 Å². The van der Waals surface area contributed by atoms with E-state index in [1.807, 2.05) is 20.1 Å². The Kier molecular flexibility index (Phi) is 8.56. The number of piperidine rings is 1. The molecule has 0 radical (unpaired) electrons. The van der Waals surface area contributed by atoms with Gasteiger partial charge in [0.15, 0.2) is 0 Å². The molecule has 0 aromatic heterocycles. The van der Waals surface area contributed by atoms with Crippen LogP contribution in [-0.2, 0) is 14.8 Å². The quantitative estimate of drug-likeness (QED) is 0.568. The molecule has 0 atom stereocenters. The third kappa shape index (κ3) is 5.77. The second-order valence-electron chi connectivity index (χ2n) is 7.87. The largest absolute Gasteiger partial charge is 0.339 e. The highest BCUT2D eigenvalue weighted by atomic mass is 32.2. The van der Waals surface area contributed by atoms with Gasteiger partial charge in [0, 0.05) is 37.0 Å². The van der Waals surface area contributed by atoms with Crippen molar-refractivity contribution in [3.63, 3.8) is 0 Å². The second kappa shape index (κ2) is 11.2. The number of hydrogen-bond acceptors (Lipinski definition) is 5. The SMILES string of the molecule is CCN(CC)C(=O)c1ccccc1NC(=O)C1CCN(S(=O)(=O)c2ccc(SC)cc2)CC1. The summed E-state index contributed by atoms with van der Waals surface area (Å²) in [5.74, 6) is -0.618. The third-order valence-electron chi connectivity index (χ3n) is 5.99. The molecule has 0 bridgehead atoms. The number of para-hydroxylation sites is 1. The zero-order valence-corrected chi connectivity index (χ0v) is 20.9. The number of sulfonamides is 1. The maximum Gasteiger partial charge on any atom is 0.255 e. The Hall–Kier alpha value is -2.36. The minimum absolute atomic E-state index is 0.121. The maximum atomic E-state index is 13.0. The van der Waals surface area contributed by atoms with Gasteiger partial charge in [-0.25, -0.2) is 8.42 Å². The van der Waals surface area contributed by atoms with Crippen molar-refractivity contribution < 1.29 is 18.0 Å². The van der Waals surface area contributed by atoms with Gasteiger partial charge in [-0.3, -0.25) is 9.59 Å². The molecular weight excluding hydrogens is 458 g/mol. The Morgan fingerprint density at radius 2 is 1.64 bits per heavy atom. The van der Waals surface area contributed by atoms with Crippen LogP contribution in [0.15, 0.2) is 58.3 Å².